The number of rotatable bonds is 2. The molecule has 5 rings (SSSR count). The highest BCUT2D eigenvalue weighted by molar-refractivity contribution is 7.10. The predicted molar refractivity (Wildman–Crippen MR) is 108 cm³/mol. The van der Waals surface area contributed by atoms with Crippen LogP contribution in [0.4, 0.5) is 0 Å². The van der Waals surface area contributed by atoms with E-state index in [1.165, 1.54) is 4.88 Å². The van der Waals surface area contributed by atoms with Gasteiger partial charge in [0.2, 0.25) is 0 Å². The van der Waals surface area contributed by atoms with Crippen LogP contribution >= 0.6 is 22.9 Å². The van der Waals surface area contributed by atoms with E-state index >= 15 is 0 Å². The van der Waals surface area contributed by atoms with E-state index in [0.29, 0.717) is 17.0 Å². The molecule has 0 saturated heterocycles. The fourth-order valence-electron chi connectivity index (χ4n) is 3.88. The minimum Gasteiger partial charge on any atom is -0.294 e. The van der Waals surface area contributed by atoms with Gasteiger partial charge in [0, 0.05) is 34.0 Å². The normalized spacial score (nSPS) is 16.7. The number of carbonyl (C=O) groups is 1. The fraction of sp³-hybridized carbons (Fsp3) is 0.190. The van der Waals surface area contributed by atoms with E-state index in [9.17, 15) is 4.79 Å². The van der Waals surface area contributed by atoms with Gasteiger partial charge >= 0.3 is 0 Å². The fourth-order valence-corrected chi connectivity index (χ4v) is 4.84. The van der Waals surface area contributed by atoms with Crippen molar-refractivity contribution in [1.29, 1.82) is 0 Å². The van der Waals surface area contributed by atoms with E-state index in [0.717, 1.165) is 34.6 Å². The molecule has 1 aliphatic carbocycles. The van der Waals surface area contributed by atoms with E-state index in [1.807, 2.05) is 41.8 Å². The van der Waals surface area contributed by atoms with Gasteiger partial charge in [-0.3, -0.25) is 4.79 Å². The van der Waals surface area contributed by atoms with Gasteiger partial charge in [-0.15, -0.1) is 11.3 Å². The van der Waals surface area contributed by atoms with Crippen molar-refractivity contribution in [3.05, 3.63) is 74.8 Å². The summed E-state index contributed by atoms with van der Waals surface area (Å²) in [5.74, 6) is 0.351. The molecule has 3 aromatic heterocycles. The number of halogens is 1. The van der Waals surface area contributed by atoms with E-state index in [4.69, 9.17) is 16.7 Å². The van der Waals surface area contributed by atoms with Crippen molar-refractivity contribution >= 4 is 34.4 Å². The third-order valence-corrected chi connectivity index (χ3v) is 6.46. The van der Waals surface area contributed by atoms with Gasteiger partial charge in [0.1, 0.15) is 0 Å². The third-order valence-electron chi connectivity index (χ3n) is 5.17. The minimum absolute atomic E-state index is 0.144. The van der Waals surface area contributed by atoms with Crippen molar-refractivity contribution in [2.75, 3.05) is 0 Å². The largest absolute Gasteiger partial charge is 0.294 e. The van der Waals surface area contributed by atoms with Crippen LogP contribution < -0.4 is 0 Å². The number of nitrogens with zero attached hydrogens (tertiary/aromatic N) is 3. The van der Waals surface area contributed by atoms with Crippen molar-refractivity contribution in [1.82, 2.24) is 14.6 Å². The highest BCUT2D eigenvalue weighted by Gasteiger charge is 2.30. The Bertz CT molecular complexity index is 1160. The lowest BCUT2D eigenvalue weighted by Crippen LogP contribution is -2.22. The Balaban J connectivity index is 1.69. The molecule has 1 atom stereocenters. The van der Waals surface area contributed by atoms with Crippen molar-refractivity contribution in [2.45, 2.75) is 25.7 Å². The first kappa shape index (κ1) is 16.7. The molecule has 134 valence electrons. The summed E-state index contributed by atoms with van der Waals surface area (Å²) < 4.78 is 1.87. The number of benzene rings is 1. The summed E-state index contributed by atoms with van der Waals surface area (Å²) in [6, 6.07) is 11.8. The zero-order valence-corrected chi connectivity index (χ0v) is 16.2. The van der Waals surface area contributed by atoms with Crippen LogP contribution in [0.1, 0.15) is 39.0 Å². The van der Waals surface area contributed by atoms with Crippen molar-refractivity contribution in [2.24, 2.45) is 0 Å². The van der Waals surface area contributed by atoms with E-state index in [1.54, 1.807) is 17.5 Å². The summed E-state index contributed by atoms with van der Waals surface area (Å²) in [4.78, 5) is 18.6. The number of thiophene rings is 1. The van der Waals surface area contributed by atoms with Crippen LogP contribution in [0, 0.1) is 6.92 Å². The molecule has 0 radical (unpaired) electrons. The van der Waals surface area contributed by atoms with E-state index in [-0.39, 0.29) is 11.7 Å². The van der Waals surface area contributed by atoms with Gasteiger partial charge in [0.05, 0.1) is 17.0 Å². The van der Waals surface area contributed by atoms with E-state index < -0.39 is 0 Å². The molecule has 0 bridgehead atoms. The smallest absolute Gasteiger partial charge is 0.166 e. The molecule has 0 fully saturated rings. The highest BCUT2D eigenvalue weighted by atomic mass is 35.5. The number of ketones is 1. The summed E-state index contributed by atoms with van der Waals surface area (Å²) in [5.41, 5.74) is 5.34. The van der Waals surface area contributed by atoms with Gasteiger partial charge in [0.15, 0.2) is 11.4 Å². The molecule has 4 nitrogen and oxygen atoms in total. The Hall–Kier alpha value is -2.50. The number of Topliss-reactive ketones (excluding diaryl/α,β-unsaturated/α-hetero) is 1. The van der Waals surface area contributed by atoms with Crippen LogP contribution in [0.2, 0.25) is 5.02 Å². The Morgan fingerprint density at radius 2 is 2.00 bits per heavy atom. The zero-order chi connectivity index (χ0) is 18.5. The van der Waals surface area contributed by atoms with Crippen molar-refractivity contribution in [3.8, 4) is 11.1 Å². The molecule has 0 amide bonds. The SMILES string of the molecule is Cc1nn2c3c(cnc2c1-c1ccc(Cl)cc1)C(=O)CC(c1cccs1)C3. The van der Waals surface area contributed by atoms with Gasteiger partial charge in [-0.25, -0.2) is 9.50 Å². The molecule has 0 aliphatic heterocycles. The third kappa shape index (κ3) is 2.69. The summed E-state index contributed by atoms with van der Waals surface area (Å²) in [7, 11) is 0. The maximum atomic E-state index is 12.7. The molecular formula is C21H16ClN3OS. The van der Waals surface area contributed by atoms with Crippen LogP contribution in [0.25, 0.3) is 16.8 Å². The van der Waals surface area contributed by atoms with Crippen LogP contribution in [-0.2, 0) is 6.42 Å². The van der Waals surface area contributed by atoms with E-state index in [2.05, 4.69) is 16.4 Å². The van der Waals surface area contributed by atoms with Crippen LogP contribution in [0.5, 0.6) is 0 Å². The molecular weight excluding hydrogens is 378 g/mol. The molecule has 3 heterocycles. The summed E-state index contributed by atoms with van der Waals surface area (Å²) >= 11 is 7.74. The van der Waals surface area contributed by atoms with Crippen molar-refractivity contribution in [3.63, 3.8) is 0 Å². The van der Waals surface area contributed by atoms with Gasteiger partial charge in [0.25, 0.3) is 0 Å². The maximum absolute atomic E-state index is 12.7. The second-order valence-electron chi connectivity index (χ2n) is 6.87. The number of fused-ring (bicyclic) bond motifs is 3. The molecule has 1 unspecified atom stereocenters. The molecule has 4 aromatic rings. The first-order valence-corrected chi connectivity index (χ1v) is 10.1. The van der Waals surface area contributed by atoms with Gasteiger partial charge in [-0.05, 0) is 42.5 Å². The summed E-state index contributed by atoms with van der Waals surface area (Å²) in [6.45, 7) is 1.98. The zero-order valence-electron chi connectivity index (χ0n) is 14.6. The van der Waals surface area contributed by atoms with Gasteiger partial charge < -0.3 is 0 Å². The van der Waals surface area contributed by atoms with Crippen molar-refractivity contribution < 1.29 is 4.79 Å². The Morgan fingerprint density at radius 3 is 2.74 bits per heavy atom. The number of hydrogen-bond donors (Lipinski definition) is 0. The van der Waals surface area contributed by atoms with Gasteiger partial charge in [-0.1, -0.05) is 29.8 Å². The van der Waals surface area contributed by atoms with Crippen LogP contribution in [-0.4, -0.2) is 20.4 Å². The second kappa shape index (κ2) is 6.29. The Morgan fingerprint density at radius 1 is 1.19 bits per heavy atom. The predicted octanol–water partition coefficient (Wildman–Crippen LogP) is 5.33. The monoisotopic (exact) mass is 393 g/mol. The topological polar surface area (TPSA) is 47.3 Å². The number of aromatic nitrogens is 3. The lowest BCUT2D eigenvalue weighted by atomic mass is 9.85. The van der Waals surface area contributed by atoms with Crippen LogP contribution in [0.15, 0.2) is 48.0 Å². The molecule has 0 saturated carbocycles. The number of hydrogen-bond acceptors (Lipinski definition) is 4. The standard InChI is InChI=1S/C21H16ClN3OS/c1-12-20(13-4-6-15(22)7-5-13)21-23-11-16-17(25(21)24-12)9-14(10-18(16)26)19-3-2-8-27-19/h2-8,11,14H,9-10H2,1H3. The summed E-state index contributed by atoms with van der Waals surface area (Å²) in [6.07, 6.45) is 3.05. The minimum atomic E-state index is 0.144. The Kier molecular flexibility index (Phi) is 3.88. The number of carbonyl (C=O) groups excluding carboxylic acids is 1. The molecule has 0 N–H and O–H groups in total. The lowest BCUT2D eigenvalue weighted by Gasteiger charge is -2.23. The Labute approximate surface area is 165 Å². The summed E-state index contributed by atoms with van der Waals surface area (Å²) in [5, 5.41) is 7.51. The molecule has 1 aliphatic rings. The molecule has 6 heteroatoms. The average molecular weight is 394 g/mol. The first-order valence-electron chi connectivity index (χ1n) is 8.81. The first-order chi connectivity index (χ1) is 13.1. The number of aryl methyl sites for hydroxylation is 1. The van der Waals surface area contributed by atoms with Crippen LogP contribution in [0.3, 0.4) is 0 Å². The molecule has 27 heavy (non-hydrogen) atoms. The van der Waals surface area contributed by atoms with Gasteiger partial charge in [-0.2, -0.15) is 5.10 Å². The molecule has 0 spiro atoms. The molecule has 1 aromatic carbocycles. The second-order valence-corrected chi connectivity index (χ2v) is 8.28. The average Bonchev–Trinajstić information content (AvgIpc) is 3.30. The quantitative estimate of drug-likeness (QED) is 0.462. The lowest BCUT2D eigenvalue weighted by molar-refractivity contribution is 0.0962. The highest BCUT2D eigenvalue weighted by Crippen LogP contribution is 2.36. The maximum Gasteiger partial charge on any atom is 0.166 e.